The lowest BCUT2D eigenvalue weighted by atomic mass is 10.1. The first-order valence-corrected chi connectivity index (χ1v) is 9.06. The van der Waals surface area contributed by atoms with E-state index >= 15 is 0 Å². The van der Waals surface area contributed by atoms with Crippen LogP contribution in [0, 0.1) is 0 Å². The zero-order valence-electron chi connectivity index (χ0n) is 15.5. The Balaban J connectivity index is 1.78. The highest BCUT2D eigenvalue weighted by Crippen LogP contribution is 2.26. The molecule has 28 heavy (non-hydrogen) atoms. The SMILES string of the molecule is CCOC(=O)c1cccc(-c2cnc3nc(N)nc(N4CCOCC4)c3n2)c1. The molecule has 1 aliphatic heterocycles. The van der Waals surface area contributed by atoms with Gasteiger partial charge in [0.05, 0.1) is 37.3 Å². The zero-order valence-corrected chi connectivity index (χ0v) is 15.5. The number of ether oxygens (including phenoxy) is 2. The van der Waals surface area contributed by atoms with E-state index in [0.29, 0.717) is 61.1 Å². The van der Waals surface area contributed by atoms with Crippen LogP contribution in [-0.2, 0) is 9.47 Å². The number of carbonyl (C=O) groups excluding carboxylic acids is 1. The average molecular weight is 380 g/mol. The molecule has 0 saturated carbocycles. The molecule has 1 saturated heterocycles. The number of aromatic nitrogens is 4. The Morgan fingerprint density at radius 2 is 2.07 bits per heavy atom. The number of benzene rings is 1. The van der Waals surface area contributed by atoms with Crippen molar-refractivity contribution in [3.05, 3.63) is 36.0 Å². The van der Waals surface area contributed by atoms with Crippen LogP contribution in [0.4, 0.5) is 11.8 Å². The minimum atomic E-state index is -0.372. The molecule has 4 rings (SSSR count). The highest BCUT2D eigenvalue weighted by molar-refractivity contribution is 5.91. The molecule has 1 aliphatic rings. The van der Waals surface area contributed by atoms with E-state index in [1.165, 1.54) is 0 Å². The standard InChI is InChI=1S/C19H20N6O3/c1-2-28-18(26)13-5-3-4-12(10-13)14-11-21-16-15(22-14)17(24-19(20)23-16)25-6-8-27-9-7-25/h3-5,10-11H,2,6-9H2,1H3,(H2,20,21,23,24). The van der Waals surface area contributed by atoms with Crippen LogP contribution < -0.4 is 10.6 Å². The fourth-order valence-electron chi connectivity index (χ4n) is 3.06. The van der Waals surface area contributed by atoms with Crippen LogP contribution in [-0.4, -0.2) is 58.8 Å². The first kappa shape index (κ1) is 18.1. The molecule has 0 aliphatic carbocycles. The Hall–Kier alpha value is -3.33. The molecule has 3 heterocycles. The van der Waals surface area contributed by atoms with Gasteiger partial charge >= 0.3 is 5.97 Å². The average Bonchev–Trinajstić information content (AvgIpc) is 2.74. The van der Waals surface area contributed by atoms with E-state index in [9.17, 15) is 4.79 Å². The molecule has 9 heteroatoms. The van der Waals surface area contributed by atoms with Gasteiger partial charge in [-0.3, -0.25) is 0 Å². The number of hydrogen-bond acceptors (Lipinski definition) is 9. The lowest BCUT2D eigenvalue weighted by Crippen LogP contribution is -2.37. The second-order valence-corrected chi connectivity index (χ2v) is 6.23. The van der Waals surface area contributed by atoms with E-state index in [2.05, 4.69) is 19.9 Å². The van der Waals surface area contributed by atoms with Crippen LogP contribution in [0.15, 0.2) is 30.5 Å². The van der Waals surface area contributed by atoms with E-state index in [-0.39, 0.29) is 11.9 Å². The van der Waals surface area contributed by atoms with Gasteiger partial charge in [0.1, 0.15) is 0 Å². The summed E-state index contributed by atoms with van der Waals surface area (Å²) in [5.74, 6) is 0.422. The maximum absolute atomic E-state index is 12.0. The summed E-state index contributed by atoms with van der Waals surface area (Å²) >= 11 is 0. The summed E-state index contributed by atoms with van der Waals surface area (Å²) in [5, 5.41) is 0. The van der Waals surface area contributed by atoms with Gasteiger partial charge in [-0.1, -0.05) is 12.1 Å². The molecule has 0 atom stereocenters. The Kier molecular flexibility index (Phi) is 4.98. The maximum atomic E-state index is 12.0. The Morgan fingerprint density at radius 3 is 2.86 bits per heavy atom. The minimum Gasteiger partial charge on any atom is -0.462 e. The predicted molar refractivity (Wildman–Crippen MR) is 104 cm³/mol. The van der Waals surface area contributed by atoms with Gasteiger partial charge in [0, 0.05) is 18.7 Å². The Morgan fingerprint density at radius 1 is 1.25 bits per heavy atom. The monoisotopic (exact) mass is 380 g/mol. The van der Waals surface area contributed by atoms with Gasteiger partial charge in [-0.25, -0.2) is 14.8 Å². The first-order chi connectivity index (χ1) is 13.7. The van der Waals surface area contributed by atoms with Crippen molar-refractivity contribution in [2.24, 2.45) is 0 Å². The fraction of sp³-hybridized carbons (Fsp3) is 0.316. The summed E-state index contributed by atoms with van der Waals surface area (Å²) in [4.78, 5) is 31.8. The number of hydrogen-bond donors (Lipinski definition) is 1. The van der Waals surface area contributed by atoms with Crippen molar-refractivity contribution in [1.82, 2.24) is 19.9 Å². The van der Waals surface area contributed by atoms with Crippen molar-refractivity contribution in [1.29, 1.82) is 0 Å². The number of anilines is 2. The highest BCUT2D eigenvalue weighted by atomic mass is 16.5. The summed E-state index contributed by atoms with van der Waals surface area (Å²) in [7, 11) is 0. The fourth-order valence-corrected chi connectivity index (χ4v) is 3.06. The van der Waals surface area contributed by atoms with Crippen molar-refractivity contribution in [3.8, 4) is 11.3 Å². The van der Waals surface area contributed by atoms with Gasteiger partial charge in [0.15, 0.2) is 17.0 Å². The maximum Gasteiger partial charge on any atom is 0.338 e. The Bertz CT molecular complexity index is 1020. The smallest absolute Gasteiger partial charge is 0.338 e. The topological polar surface area (TPSA) is 116 Å². The van der Waals surface area contributed by atoms with E-state index in [4.69, 9.17) is 20.2 Å². The number of morpholine rings is 1. The molecule has 9 nitrogen and oxygen atoms in total. The third kappa shape index (κ3) is 3.56. The molecular formula is C19H20N6O3. The number of fused-ring (bicyclic) bond motifs is 1. The summed E-state index contributed by atoms with van der Waals surface area (Å²) < 4.78 is 10.5. The van der Waals surface area contributed by atoms with Gasteiger partial charge in [0.2, 0.25) is 5.95 Å². The van der Waals surface area contributed by atoms with E-state index < -0.39 is 0 Å². The summed E-state index contributed by atoms with van der Waals surface area (Å²) in [6, 6.07) is 7.10. The van der Waals surface area contributed by atoms with Gasteiger partial charge in [-0.15, -0.1) is 0 Å². The normalized spacial score (nSPS) is 14.2. The molecule has 0 spiro atoms. The Labute approximate surface area is 161 Å². The first-order valence-electron chi connectivity index (χ1n) is 9.06. The third-order valence-electron chi connectivity index (χ3n) is 4.39. The predicted octanol–water partition coefficient (Wildman–Crippen LogP) is 1.68. The summed E-state index contributed by atoms with van der Waals surface area (Å²) in [6.45, 7) is 4.70. The quantitative estimate of drug-likeness (QED) is 0.675. The van der Waals surface area contributed by atoms with Crippen LogP contribution in [0.5, 0.6) is 0 Å². The second-order valence-electron chi connectivity index (χ2n) is 6.23. The molecule has 1 aromatic carbocycles. The van der Waals surface area contributed by atoms with Crippen LogP contribution in [0.3, 0.4) is 0 Å². The van der Waals surface area contributed by atoms with E-state index in [1.54, 1.807) is 31.3 Å². The van der Waals surface area contributed by atoms with Crippen LogP contribution in [0.1, 0.15) is 17.3 Å². The summed E-state index contributed by atoms with van der Waals surface area (Å²) in [5.41, 5.74) is 8.69. The highest BCUT2D eigenvalue weighted by Gasteiger charge is 2.19. The number of nitrogen functional groups attached to an aromatic ring is 1. The lowest BCUT2D eigenvalue weighted by molar-refractivity contribution is 0.0526. The molecule has 0 radical (unpaired) electrons. The van der Waals surface area contributed by atoms with E-state index in [1.807, 2.05) is 6.07 Å². The van der Waals surface area contributed by atoms with Gasteiger partial charge in [0.25, 0.3) is 0 Å². The van der Waals surface area contributed by atoms with E-state index in [0.717, 1.165) is 5.56 Å². The van der Waals surface area contributed by atoms with Crippen LogP contribution >= 0.6 is 0 Å². The van der Waals surface area contributed by atoms with Gasteiger partial charge < -0.3 is 20.1 Å². The van der Waals surface area contributed by atoms with Crippen LogP contribution in [0.2, 0.25) is 0 Å². The zero-order chi connectivity index (χ0) is 19.5. The molecule has 1 fully saturated rings. The number of nitrogens with two attached hydrogens (primary N) is 1. The molecule has 3 aromatic rings. The number of esters is 1. The molecule has 2 N–H and O–H groups in total. The van der Waals surface area contributed by atoms with Crippen molar-refractivity contribution in [2.75, 3.05) is 43.5 Å². The molecule has 2 aromatic heterocycles. The summed E-state index contributed by atoms with van der Waals surface area (Å²) in [6.07, 6.45) is 1.61. The van der Waals surface area contributed by atoms with Crippen molar-refractivity contribution >= 4 is 28.9 Å². The molecule has 144 valence electrons. The molecular weight excluding hydrogens is 360 g/mol. The van der Waals surface area contributed by atoms with Crippen LogP contribution in [0.25, 0.3) is 22.4 Å². The number of rotatable bonds is 4. The van der Waals surface area contributed by atoms with Crippen molar-refractivity contribution in [2.45, 2.75) is 6.92 Å². The molecule has 0 amide bonds. The van der Waals surface area contributed by atoms with Crippen molar-refractivity contribution < 1.29 is 14.3 Å². The van der Waals surface area contributed by atoms with Gasteiger partial charge in [-0.05, 0) is 19.1 Å². The molecule has 0 bridgehead atoms. The number of nitrogens with zero attached hydrogens (tertiary/aromatic N) is 5. The van der Waals surface area contributed by atoms with Gasteiger partial charge in [-0.2, -0.15) is 9.97 Å². The van der Waals surface area contributed by atoms with Crippen molar-refractivity contribution in [3.63, 3.8) is 0 Å². The third-order valence-corrected chi connectivity index (χ3v) is 4.39. The molecule has 0 unspecified atom stereocenters. The largest absolute Gasteiger partial charge is 0.462 e. The lowest BCUT2D eigenvalue weighted by Gasteiger charge is -2.28. The second kappa shape index (κ2) is 7.73. The number of carbonyl (C=O) groups is 1. The minimum absolute atomic E-state index is 0.153.